The van der Waals surface area contributed by atoms with Gasteiger partial charge < -0.3 is 53.5 Å². The minimum Gasteiger partial charge on any atom is -0.494 e. The van der Waals surface area contributed by atoms with E-state index in [0.29, 0.717) is 108 Å². The number of fused-ring (bicyclic) bond motifs is 14. The summed E-state index contributed by atoms with van der Waals surface area (Å²) in [6.07, 6.45) is 0. The van der Waals surface area contributed by atoms with Gasteiger partial charge in [0.1, 0.15) is 77.1 Å². The Hall–Kier alpha value is -10.4. The first-order valence-electron chi connectivity index (χ1n) is 28.7. The SMILES string of the molecule is CCOc1cc2c(cc1C)Oc1c(NC(C)=O)c3c(c(NC(C)=O)c1=N2)Oc1cc(NC(=O)c2ccccc2)c(OCC)cc1N=3.CCn1c2ccccc2c2cc3c(cc21)Oc1c(Cl)c2c(c(Cl)c1=N3)Oc1cc3c(cc1N=2)c1ccccc1n3CC. The molecule has 4 aliphatic heterocycles. The zero-order valence-electron chi connectivity index (χ0n) is 48.6. The largest absolute Gasteiger partial charge is 0.494 e. The highest BCUT2D eigenvalue weighted by Crippen LogP contribution is 2.50. The minimum absolute atomic E-state index is 0.127. The maximum atomic E-state index is 13.1. The average Bonchev–Trinajstić information content (AvgIpc) is 1.32. The van der Waals surface area contributed by atoms with Crippen molar-refractivity contribution in [1.29, 1.82) is 0 Å². The molecule has 4 aliphatic rings. The summed E-state index contributed by atoms with van der Waals surface area (Å²) in [6.45, 7) is 15.0. The number of hydrogen-bond donors (Lipinski definition) is 3. The maximum Gasteiger partial charge on any atom is 0.255 e. The van der Waals surface area contributed by atoms with E-state index in [-0.39, 0.29) is 51.2 Å². The summed E-state index contributed by atoms with van der Waals surface area (Å²) in [5.74, 6) is 2.89. The molecule has 0 atom stereocenters. The van der Waals surface area contributed by atoms with Gasteiger partial charge in [-0.15, -0.1) is 0 Å². The zero-order valence-corrected chi connectivity index (χ0v) is 50.1. The van der Waals surface area contributed by atoms with Gasteiger partial charge >= 0.3 is 0 Å². The summed E-state index contributed by atoms with van der Waals surface area (Å²) in [5.41, 5.74) is 8.74. The van der Waals surface area contributed by atoms with Crippen molar-refractivity contribution >= 4 is 124 Å². The summed E-state index contributed by atoms with van der Waals surface area (Å²) >= 11 is 14.0. The predicted octanol–water partition coefficient (Wildman–Crippen LogP) is 15.4. The standard InChI is InChI=1S/C34H22Cl2N4O2.C34H31N5O7/c1-3-39-23-11-7-5-9-17(23)19-13-21-27(15-25(19)39)41-33-29(35)32-34(30(36)31(33)37-21)42-28-16-26-20(14-22(28)38-32)18-10-6-8-12-24(18)40(26)4-2;1-6-43-24-14-22-26(13-17(24)3)45-32-28(35-18(4)40)31-33(29(30(32)37-22)36-19(5)41)46-27-16-21(25(44-7-2)15-23(27)38-31)39-34(42)20-11-9-8-10-12-20/h5-16H,3-4H2,1-2H3;8-16H,6-7H2,1-5H3,(H,35,40)(H,36,41)(H,39,42). The van der Waals surface area contributed by atoms with Gasteiger partial charge in [-0.05, 0) is 82.6 Å². The number of anilines is 3. The lowest BCUT2D eigenvalue weighted by Gasteiger charge is -2.25. The number of amides is 3. The second kappa shape index (κ2) is 21.8. The van der Waals surface area contributed by atoms with E-state index in [4.69, 9.17) is 71.6 Å². The van der Waals surface area contributed by atoms with Crippen LogP contribution in [-0.4, -0.2) is 40.1 Å². The summed E-state index contributed by atoms with van der Waals surface area (Å²) in [7, 11) is 0. The lowest BCUT2D eigenvalue weighted by atomic mass is 10.1. The fourth-order valence-electron chi connectivity index (χ4n) is 11.8. The molecule has 11 aromatic rings. The van der Waals surface area contributed by atoms with E-state index in [9.17, 15) is 14.4 Å². The van der Waals surface area contributed by atoms with E-state index in [1.54, 1.807) is 48.5 Å². The monoisotopic (exact) mass is 1210 g/mol. The van der Waals surface area contributed by atoms with Gasteiger partial charge in [-0.3, -0.25) is 14.4 Å². The Morgan fingerprint density at radius 3 is 1.38 bits per heavy atom. The van der Waals surface area contributed by atoms with Crippen LogP contribution in [0.15, 0.2) is 147 Å². The molecule has 0 unspecified atom stereocenters. The van der Waals surface area contributed by atoms with Gasteiger partial charge in [0.2, 0.25) is 11.8 Å². The number of rotatable bonds is 10. The Balaban J connectivity index is 0.000000155. The van der Waals surface area contributed by atoms with Crippen molar-refractivity contribution in [2.45, 2.75) is 61.6 Å². The van der Waals surface area contributed by atoms with Crippen LogP contribution in [0, 0.1) is 6.92 Å². The Morgan fingerprint density at radius 2 is 0.886 bits per heavy atom. The Kier molecular flexibility index (Phi) is 13.7. The molecule has 0 aliphatic carbocycles. The van der Waals surface area contributed by atoms with Crippen LogP contribution >= 0.6 is 23.2 Å². The second-order valence-corrected chi connectivity index (χ2v) is 21.8. The Labute approximate surface area is 511 Å². The highest BCUT2D eigenvalue weighted by Gasteiger charge is 2.33. The predicted molar refractivity (Wildman–Crippen MR) is 340 cm³/mol. The van der Waals surface area contributed by atoms with Crippen LogP contribution in [0.2, 0.25) is 10.0 Å². The summed E-state index contributed by atoms with van der Waals surface area (Å²) < 4.78 is 41.9. The Bertz CT molecular complexity index is 4990. The number of nitrogens with zero attached hydrogens (tertiary/aromatic N) is 6. The Morgan fingerprint density at radius 1 is 0.466 bits per heavy atom. The number of para-hydroxylation sites is 2. The number of halogens is 2. The maximum absolute atomic E-state index is 13.1. The van der Waals surface area contributed by atoms with E-state index in [0.717, 1.165) is 40.5 Å². The van der Waals surface area contributed by atoms with Gasteiger partial charge in [-0.1, -0.05) is 77.8 Å². The molecule has 0 bridgehead atoms. The molecule has 0 saturated heterocycles. The molecular formula is C68H53Cl2N9O9. The molecule has 0 radical (unpaired) electrons. The summed E-state index contributed by atoms with van der Waals surface area (Å²) in [6, 6.07) is 40.5. The molecule has 0 fully saturated rings. The number of aromatic nitrogens is 2. The molecular weight excluding hydrogens is 1160 g/mol. The van der Waals surface area contributed by atoms with E-state index in [2.05, 4.69) is 99.6 Å². The molecule has 6 heterocycles. The van der Waals surface area contributed by atoms with Crippen molar-refractivity contribution < 1.29 is 42.8 Å². The summed E-state index contributed by atoms with van der Waals surface area (Å²) in [5, 5.41) is 15.0. The lowest BCUT2D eigenvalue weighted by molar-refractivity contribution is -0.115. The number of ether oxygens (including phenoxy) is 6. The number of carbonyl (C=O) groups is 3. The molecule has 88 heavy (non-hydrogen) atoms. The number of benzene rings is 9. The van der Waals surface area contributed by atoms with Crippen LogP contribution < -0.4 is 65.8 Å². The van der Waals surface area contributed by atoms with Gasteiger partial charge in [0.15, 0.2) is 46.0 Å². The molecule has 438 valence electrons. The van der Waals surface area contributed by atoms with Crippen molar-refractivity contribution in [2.75, 3.05) is 29.2 Å². The normalized spacial score (nSPS) is 12.5. The summed E-state index contributed by atoms with van der Waals surface area (Å²) in [4.78, 5) is 57.6. The zero-order chi connectivity index (χ0) is 60.8. The third-order valence-electron chi connectivity index (χ3n) is 15.5. The third kappa shape index (κ3) is 9.21. The average molecular weight is 1210 g/mol. The smallest absolute Gasteiger partial charge is 0.255 e. The highest BCUT2D eigenvalue weighted by atomic mass is 35.5. The fraction of sp³-hybridized carbons (Fsp3) is 0.162. The van der Waals surface area contributed by atoms with Gasteiger partial charge in [0.25, 0.3) is 5.91 Å². The molecule has 15 rings (SSSR count). The number of hydrogen-bond acceptors (Lipinski definition) is 13. The molecule has 0 spiro atoms. The van der Waals surface area contributed by atoms with Crippen LogP contribution in [0.4, 0.5) is 39.8 Å². The van der Waals surface area contributed by atoms with Crippen molar-refractivity contribution in [3.8, 4) is 57.5 Å². The fourth-order valence-corrected chi connectivity index (χ4v) is 12.3. The molecule has 2 aromatic heterocycles. The number of nitrogens with one attached hydrogen (secondary N) is 3. The van der Waals surface area contributed by atoms with E-state index in [1.165, 1.54) is 35.7 Å². The first-order chi connectivity index (χ1) is 42.7. The van der Waals surface area contributed by atoms with Crippen LogP contribution in [0.5, 0.6) is 57.5 Å². The van der Waals surface area contributed by atoms with Crippen molar-refractivity contribution in [1.82, 2.24) is 9.13 Å². The topological polar surface area (TPSA) is 202 Å². The molecule has 18 nitrogen and oxygen atoms in total. The third-order valence-corrected chi connectivity index (χ3v) is 16.2. The number of aryl methyl sites for hydroxylation is 3. The van der Waals surface area contributed by atoms with Gasteiger partial charge in [-0.25, -0.2) is 20.0 Å². The highest BCUT2D eigenvalue weighted by molar-refractivity contribution is 6.35. The van der Waals surface area contributed by atoms with Gasteiger partial charge in [0.05, 0.1) is 29.9 Å². The molecule has 20 heteroatoms. The van der Waals surface area contributed by atoms with E-state index in [1.807, 2.05) is 39.0 Å². The van der Waals surface area contributed by atoms with Gasteiger partial charge in [-0.2, -0.15) is 0 Å². The molecule has 0 saturated carbocycles. The van der Waals surface area contributed by atoms with E-state index < -0.39 is 5.91 Å². The van der Waals surface area contributed by atoms with Crippen molar-refractivity contribution in [3.63, 3.8) is 0 Å². The molecule has 9 aromatic carbocycles. The number of carbonyl (C=O) groups excluding carboxylic acids is 3. The van der Waals surface area contributed by atoms with Crippen LogP contribution in [-0.2, 0) is 22.7 Å². The second-order valence-electron chi connectivity index (χ2n) is 21.1. The first-order valence-corrected chi connectivity index (χ1v) is 29.4. The lowest BCUT2D eigenvalue weighted by Crippen LogP contribution is -2.29. The first kappa shape index (κ1) is 55.4. The van der Waals surface area contributed by atoms with Crippen LogP contribution in [0.1, 0.15) is 57.5 Å². The van der Waals surface area contributed by atoms with E-state index >= 15 is 0 Å². The van der Waals surface area contributed by atoms with Crippen LogP contribution in [0.25, 0.3) is 43.6 Å². The minimum atomic E-state index is -0.395. The van der Waals surface area contributed by atoms with Crippen LogP contribution in [0.3, 0.4) is 0 Å². The van der Waals surface area contributed by atoms with Crippen molar-refractivity contribution in [2.24, 2.45) is 20.0 Å². The molecule has 3 N–H and O–H groups in total. The molecule has 3 amide bonds. The van der Waals surface area contributed by atoms with Gasteiger partial charge in [0, 0.05) is 95.4 Å². The quantitative estimate of drug-likeness (QED) is 0.111. The van der Waals surface area contributed by atoms with Crippen molar-refractivity contribution in [3.05, 3.63) is 170 Å².